The summed E-state index contributed by atoms with van der Waals surface area (Å²) in [6.45, 7) is 2.39. The summed E-state index contributed by atoms with van der Waals surface area (Å²) in [5.74, 6) is 0.0726. The van der Waals surface area contributed by atoms with E-state index < -0.39 is 11.4 Å². The number of rotatable bonds is 6. The molecule has 1 aliphatic heterocycles. The molecule has 0 spiro atoms. The zero-order chi connectivity index (χ0) is 17.7. The van der Waals surface area contributed by atoms with Crippen molar-refractivity contribution < 1.29 is 14.6 Å². The number of carbonyl (C=O) groups is 1. The molecular weight excluding hydrogens is 316 g/mol. The van der Waals surface area contributed by atoms with Crippen molar-refractivity contribution in [2.75, 3.05) is 20.2 Å². The van der Waals surface area contributed by atoms with E-state index >= 15 is 0 Å². The molecule has 3 rings (SSSR count). The largest absolute Gasteiger partial charge is 0.497 e. The molecule has 0 aliphatic carbocycles. The lowest BCUT2D eigenvalue weighted by Crippen LogP contribution is -2.45. The quantitative estimate of drug-likeness (QED) is 0.876. The third-order valence-electron chi connectivity index (χ3n) is 5.07. The van der Waals surface area contributed by atoms with Crippen LogP contribution >= 0.6 is 0 Å². The molecule has 5 heteroatoms. The summed E-state index contributed by atoms with van der Waals surface area (Å²) >= 11 is 0. The first-order valence-electron chi connectivity index (χ1n) is 8.59. The van der Waals surface area contributed by atoms with E-state index in [1.807, 2.05) is 36.5 Å². The molecule has 1 fully saturated rings. The van der Waals surface area contributed by atoms with Gasteiger partial charge in [0.05, 0.1) is 12.5 Å². The van der Waals surface area contributed by atoms with Gasteiger partial charge in [-0.1, -0.05) is 18.2 Å². The van der Waals surface area contributed by atoms with Crippen molar-refractivity contribution in [3.8, 4) is 5.75 Å². The molecule has 0 atom stereocenters. The number of piperidine rings is 1. The van der Waals surface area contributed by atoms with E-state index in [0.717, 1.165) is 36.5 Å². The summed E-state index contributed by atoms with van der Waals surface area (Å²) in [4.78, 5) is 18.5. The van der Waals surface area contributed by atoms with Crippen molar-refractivity contribution in [2.24, 2.45) is 5.41 Å². The van der Waals surface area contributed by atoms with Gasteiger partial charge in [0.15, 0.2) is 0 Å². The Bertz CT molecular complexity index is 710. The number of benzene rings is 1. The molecule has 1 saturated heterocycles. The van der Waals surface area contributed by atoms with Crippen molar-refractivity contribution in [1.29, 1.82) is 0 Å². The molecule has 1 N–H and O–H groups in total. The van der Waals surface area contributed by atoms with Gasteiger partial charge in [0, 0.05) is 18.9 Å². The van der Waals surface area contributed by atoms with Gasteiger partial charge in [-0.05, 0) is 61.7 Å². The molecule has 25 heavy (non-hydrogen) atoms. The van der Waals surface area contributed by atoms with Crippen LogP contribution in [0.5, 0.6) is 5.75 Å². The van der Waals surface area contributed by atoms with E-state index in [1.54, 1.807) is 13.3 Å². The van der Waals surface area contributed by atoms with Crippen LogP contribution in [0, 0.1) is 5.41 Å². The van der Waals surface area contributed by atoms with E-state index in [0.29, 0.717) is 19.3 Å². The Balaban J connectivity index is 1.67. The van der Waals surface area contributed by atoms with Crippen LogP contribution in [0.15, 0.2) is 48.8 Å². The van der Waals surface area contributed by atoms with Gasteiger partial charge < -0.3 is 9.84 Å². The fraction of sp³-hybridized carbons (Fsp3) is 0.400. The van der Waals surface area contributed by atoms with Crippen LogP contribution in [0.1, 0.15) is 24.0 Å². The number of hydrogen-bond acceptors (Lipinski definition) is 4. The molecule has 132 valence electrons. The Labute approximate surface area is 148 Å². The van der Waals surface area contributed by atoms with Crippen molar-refractivity contribution in [1.82, 2.24) is 9.88 Å². The molecule has 0 amide bonds. The molecular formula is C20H24N2O3. The highest BCUT2D eigenvalue weighted by atomic mass is 16.5. The Morgan fingerprint density at radius 3 is 2.64 bits per heavy atom. The van der Waals surface area contributed by atoms with E-state index in [2.05, 4.69) is 16.0 Å². The maximum absolute atomic E-state index is 12.0. The minimum Gasteiger partial charge on any atom is -0.497 e. The average molecular weight is 340 g/mol. The van der Waals surface area contributed by atoms with Gasteiger partial charge in [-0.25, -0.2) is 0 Å². The van der Waals surface area contributed by atoms with Gasteiger partial charge in [0.25, 0.3) is 0 Å². The number of nitrogens with zero attached hydrogens (tertiary/aromatic N) is 2. The number of hydrogen-bond donors (Lipinski definition) is 1. The number of aliphatic carboxylic acids is 1. The van der Waals surface area contributed by atoms with E-state index in [-0.39, 0.29) is 0 Å². The lowest BCUT2D eigenvalue weighted by atomic mass is 9.73. The second kappa shape index (κ2) is 7.66. The number of pyridine rings is 1. The molecule has 1 aliphatic rings. The summed E-state index contributed by atoms with van der Waals surface area (Å²) < 4.78 is 5.26. The molecule has 2 aromatic rings. The summed E-state index contributed by atoms with van der Waals surface area (Å²) in [7, 11) is 1.63. The highest BCUT2D eigenvalue weighted by Gasteiger charge is 2.41. The molecule has 0 radical (unpaired) electrons. The number of methoxy groups -OCH3 is 1. The number of aromatic nitrogens is 1. The van der Waals surface area contributed by atoms with Gasteiger partial charge >= 0.3 is 5.97 Å². The third kappa shape index (κ3) is 4.17. The molecule has 0 bridgehead atoms. The second-order valence-corrected chi connectivity index (χ2v) is 6.75. The predicted octanol–water partition coefficient (Wildman–Crippen LogP) is 3.00. The summed E-state index contributed by atoms with van der Waals surface area (Å²) in [5, 5.41) is 9.89. The molecule has 0 unspecified atom stereocenters. The van der Waals surface area contributed by atoms with Gasteiger partial charge in [0.1, 0.15) is 5.75 Å². The molecule has 2 heterocycles. The van der Waals surface area contributed by atoms with Crippen LogP contribution in [0.25, 0.3) is 0 Å². The highest BCUT2D eigenvalue weighted by Crippen LogP contribution is 2.36. The Morgan fingerprint density at radius 2 is 2.00 bits per heavy atom. The second-order valence-electron chi connectivity index (χ2n) is 6.75. The molecule has 1 aromatic carbocycles. The first-order valence-corrected chi connectivity index (χ1v) is 8.59. The number of ether oxygens (including phenoxy) is 1. The zero-order valence-corrected chi connectivity index (χ0v) is 14.5. The highest BCUT2D eigenvalue weighted by molar-refractivity contribution is 5.75. The van der Waals surface area contributed by atoms with E-state index in [1.165, 1.54) is 0 Å². The molecule has 5 nitrogen and oxygen atoms in total. The van der Waals surface area contributed by atoms with Crippen LogP contribution in [0.2, 0.25) is 0 Å². The van der Waals surface area contributed by atoms with Gasteiger partial charge in [0.2, 0.25) is 0 Å². The molecule has 0 saturated carbocycles. The van der Waals surface area contributed by atoms with E-state index in [4.69, 9.17) is 4.74 Å². The third-order valence-corrected chi connectivity index (χ3v) is 5.07. The summed E-state index contributed by atoms with van der Waals surface area (Å²) in [6.07, 6.45) is 5.48. The smallest absolute Gasteiger partial charge is 0.310 e. The summed E-state index contributed by atoms with van der Waals surface area (Å²) in [5.41, 5.74) is 1.48. The first-order chi connectivity index (χ1) is 12.1. The van der Waals surface area contributed by atoms with E-state index in [9.17, 15) is 9.90 Å². The Morgan fingerprint density at radius 1 is 1.24 bits per heavy atom. The van der Waals surface area contributed by atoms with Crippen molar-refractivity contribution >= 4 is 5.97 Å². The first kappa shape index (κ1) is 17.4. The maximum Gasteiger partial charge on any atom is 0.310 e. The van der Waals surface area contributed by atoms with Crippen LogP contribution in [-0.2, 0) is 17.8 Å². The lowest BCUT2D eigenvalue weighted by molar-refractivity contribution is -0.152. The van der Waals surface area contributed by atoms with Crippen LogP contribution in [0.4, 0.5) is 0 Å². The van der Waals surface area contributed by atoms with Crippen LogP contribution in [0.3, 0.4) is 0 Å². The maximum atomic E-state index is 12.0. The Hall–Kier alpha value is -2.40. The van der Waals surface area contributed by atoms with Gasteiger partial charge in [-0.15, -0.1) is 0 Å². The average Bonchev–Trinajstić information content (AvgIpc) is 2.64. The monoisotopic (exact) mass is 340 g/mol. The van der Waals surface area contributed by atoms with Crippen molar-refractivity contribution in [2.45, 2.75) is 25.8 Å². The zero-order valence-electron chi connectivity index (χ0n) is 14.5. The minimum atomic E-state index is -0.698. The number of carboxylic acids is 1. The number of likely N-dealkylation sites (tertiary alicyclic amines) is 1. The van der Waals surface area contributed by atoms with Crippen molar-refractivity contribution in [3.63, 3.8) is 0 Å². The summed E-state index contributed by atoms with van der Waals surface area (Å²) in [6, 6.07) is 11.7. The van der Waals surface area contributed by atoms with Crippen LogP contribution in [-0.4, -0.2) is 41.2 Å². The normalized spacial score (nSPS) is 17.2. The minimum absolute atomic E-state index is 0.542. The SMILES string of the molecule is COc1cccc(CC2(C(=O)O)CCN(Cc3cccnc3)CC2)c1. The Kier molecular flexibility index (Phi) is 5.34. The van der Waals surface area contributed by atoms with Gasteiger partial charge in [-0.2, -0.15) is 0 Å². The predicted molar refractivity (Wildman–Crippen MR) is 95.5 cm³/mol. The fourth-order valence-corrected chi connectivity index (χ4v) is 3.53. The standard InChI is InChI=1S/C20H24N2O3/c1-25-18-6-2-4-16(12-18)13-20(19(23)24)7-10-22(11-8-20)15-17-5-3-9-21-14-17/h2-6,9,12,14H,7-8,10-11,13,15H2,1H3,(H,23,24). The van der Waals surface area contributed by atoms with Gasteiger partial charge in [-0.3, -0.25) is 14.7 Å². The van der Waals surface area contributed by atoms with Crippen LogP contribution < -0.4 is 4.74 Å². The topological polar surface area (TPSA) is 62.7 Å². The lowest BCUT2D eigenvalue weighted by Gasteiger charge is -2.39. The number of carboxylic acid groups (broad SMARTS) is 1. The molecule has 1 aromatic heterocycles. The van der Waals surface area contributed by atoms with Crippen molar-refractivity contribution in [3.05, 3.63) is 59.9 Å². The fourth-order valence-electron chi connectivity index (χ4n) is 3.53.